The van der Waals surface area contributed by atoms with Crippen molar-refractivity contribution >= 4 is 40.0 Å². The SMILES string of the molecule is C=CCn1c(SCC(=O)Nc2sc3c(c2C(=O)OC)CCCCC3)nnc1C(C)Oc1ccc(C)cc1C. The van der Waals surface area contributed by atoms with E-state index in [4.69, 9.17) is 9.47 Å². The molecule has 1 N–H and O–H groups in total. The van der Waals surface area contributed by atoms with E-state index in [0.717, 1.165) is 49.0 Å². The Morgan fingerprint density at radius 1 is 1.24 bits per heavy atom. The summed E-state index contributed by atoms with van der Waals surface area (Å²) in [6, 6.07) is 6.05. The smallest absolute Gasteiger partial charge is 0.341 e. The second kappa shape index (κ2) is 12.6. The van der Waals surface area contributed by atoms with Gasteiger partial charge in [-0.1, -0.05) is 42.0 Å². The second-order valence-electron chi connectivity index (χ2n) is 9.37. The number of allylic oxidation sites excluding steroid dienone is 1. The third-order valence-electron chi connectivity index (χ3n) is 6.45. The molecule has 2 heterocycles. The van der Waals surface area contributed by atoms with Crippen LogP contribution in [0.3, 0.4) is 0 Å². The summed E-state index contributed by atoms with van der Waals surface area (Å²) >= 11 is 2.77. The average molecular weight is 555 g/mol. The number of thioether (sulfide) groups is 1. The van der Waals surface area contributed by atoms with Gasteiger partial charge in [0.05, 0.1) is 18.4 Å². The Balaban J connectivity index is 1.47. The van der Waals surface area contributed by atoms with Gasteiger partial charge in [0.1, 0.15) is 10.8 Å². The molecule has 202 valence electrons. The summed E-state index contributed by atoms with van der Waals surface area (Å²) in [7, 11) is 1.37. The number of fused-ring (bicyclic) bond motifs is 1. The number of aryl methyl sites for hydroxylation is 3. The van der Waals surface area contributed by atoms with Gasteiger partial charge in [0, 0.05) is 11.4 Å². The average Bonchev–Trinajstić information content (AvgIpc) is 3.36. The molecule has 4 rings (SSSR count). The third kappa shape index (κ3) is 6.30. The van der Waals surface area contributed by atoms with Gasteiger partial charge in [0.25, 0.3) is 0 Å². The number of ether oxygens (including phenoxy) is 2. The van der Waals surface area contributed by atoms with Crippen LogP contribution in [-0.2, 0) is 28.9 Å². The van der Waals surface area contributed by atoms with E-state index in [9.17, 15) is 9.59 Å². The largest absolute Gasteiger partial charge is 0.482 e. The summed E-state index contributed by atoms with van der Waals surface area (Å²) in [6.07, 6.45) is 6.43. The van der Waals surface area contributed by atoms with E-state index in [1.54, 1.807) is 6.08 Å². The summed E-state index contributed by atoms with van der Waals surface area (Å²) in [5.41, 5.74) is 3.75. The van der Waals surface area contributed by atoms with Gasteiger partial charge >= 0.3 is 5.97 Å². The zero-order valence-electron chi connectivity index (χ0n) is 22.3. The minimum absolute atomic E-state index is 0.116. The lowest BCUT2D eigenvalue weighted by Gasteiger charge is -2.17. The Bertz CT molecular complexity index is 1330. The van der Waals surface area contributed by atoms with Crippen LogP contribution in [0.2, 0.25) is 0 Å². The van der Waals surface area contributed by atoms with Gasteiger partial charge < -0.3 is 14.8 Å². The lowest BCUT2D eigenvalue weighted by Crippen LogP contribution is -2.17. The van der Waals surface area contributed by atoms with Crippen LogP contribution in [0.25, 0.3) is 0 Å². The van der Waals surface area contributed by atoms with Crippen molar-refractivity contribution in [1.29, 1.82) is 0 Å². The number of carbonyl (C=O) groups excluding carboxylic acids is 2. The van der Waals surface area contributed by atoms with Gasteiger partial charge in [-0.3, -0.25) is 9.36 Å². The number of amides is 1. The second-order valence-corrected chi connectivity index (χ2v) is 11.4. The molecule has 0 aliphatic heterocycles. The first kappa shape index (κ1) is 27.9. The Labute approximate surface area is 231 Å². The molecule has 0 bridgehead atoms. The normalized spacial score (nSPS) is 13.8. The van der Waals surface area contributed by atoms with E-state index < -0.39 is 5.97 Å². The van der Waals surface area contributed by atoms with Crippen molar-refractivity contribution in [3.63, 3.8) is 0 Å². The maximum atomic E-state index is 13.0. The molecule has 1 atom stereocenters. The quantitative estimate of drug-likeness (QED) is 0.141. The molecule has 8 nitrogen and oxygen atoms in total. The van der Waals surface area contributed by atoms with Crippen molar-refractivity contribution in [2.45, 2.75) is 70.7 Å². The highest BCUT2D eigenvalue weighted by Gasteiger charge is 2.27. The Morgan fingerprint density at radius 2 is 2.03 bits per heavy atom. The summed E-state index contributed by atoms with van der Waals surface area (Å²) in [5, 5.41) is 12.8. The molecule has 1 amide bonds. The van der Waals surface area contributed by atoms with Gasteiger partial charge in [0.15, 0.2) is 17.1 Å². The number of carbonyl (C=O) groups is 2. The monoisotopic (exact) mass is 554 g/mol. The highest BCUT2D eigenvalue weighted by atomic mass is 32.2. The zero-order chi connectivity index (χ0) is 27.2. The van der Waals surface area contributed by atoms with Gasteiger partial charge in [-0.2, -0.15) is 0 Å². The Hall–Kier alpha value is -3.11. The number of anilines is 1. The summed E-state index contributed by atoms with van der Waals surface area (Å²) < 4.78 is 13.2. The van der Waals surface area contributed by atoms with Crippen molar-refractivity contribution in [2.24, 2.45) is 0 Å². The van der Waals surface area contributed by atoms with Crippen molar-refractivity contribution < 1.29 is 19.1 Å². The van der Waals surface area contributed by atoms with Crippen molar-refractivity contribution in [3.8, 4) is 5.75 Å². The van der Waals surface area contributed by atoms with Crippen molar-refractivity contribution in [2.75, 3.05) is 18.2 Å². The highest BCUT2D eigenvalue weighted by Crippen LogP contribution is 2.38. The number of rotatable bonds is 10. The molecule has 1 unspecified atom stereocenters. The third-order valence-corrected chi connectivity index (χ3v) is 8.63. The lowest BCUT2D eigenvalue weighted by molar-refractivity contribution is -0.113. The number of methoxy groups -OCH3 is 1. The first-order valence-corrected chi connectivity index (χ1v) is 14.6. The number of esters is 1. The molecule has 3 aromatic rings. The minimum Gasteiger partial charge on any atom is -0.482 e. The molecule has 1 aliphatic rings. The fourth-order valence-corrected chi connectivity index (χ4v) is 6.67. The van der Waals surface area contributed by atoms with E-state index in [-0.39, 0.29) is 17.8 Å². The molecular formula is C28H34N4O4S2. The standard InChI is InChI=1S/C28H34N4O4S2/c1-6-14-32-25(19(4)36-21-13-12-17(2)15-18(21)3)30-31-28(32)37-16-23(33)29-26-24(27(34)35-5)20-10-8-7-9-11-22(20)38-26/h6,12-13,15,19H,1,7-11,14,16H2,2-5H3,(H,29,33). The zero-order valence-corrected chi connectivity index (χ0v) is 24.0. The van der Waals surface area contributed by atoms with Gasteiger partial charge in [-0.15, -0.1) is 28.1 Å². The van der Waals surface area contributed by atoms with Crippen LogP contribution < -0.4 is 10.1 Å². The van der Waals surface area contributed by atoms with Crippen LogP contribution >= 0.6 is 23.1 Å². The summed E-state index contributed by atoms with van der Waals surface area (Å²) in [4.78, 5) is 26.7. The van der Waals surface area contributed by atoms with Crippen LogP contribution in [0.15, 0.2) is 36.0 Å². The van der Waals surface area contributed by atoms with Crippen LogP contribution in [0.1, 0.15) is 70.0 Å². The number of hydrogen-bond acceptors (Lipinski definition) is 8. The molecule has 1 aliphatic carbocycles. The fraction of sp³-hybridized carbons (Fsp3) is 0.429. The maximum absolute atomic E-state index is 13.0. The summed E-state index contributed by atoms with van der Waals surface area (Å²) in [6.45, 7) is 10.3. The molecule has 10 heteroatoms. The summed E-state index contributed by atoms with van der Waals surface area (Å²) in [5.74, 6) is 0.944. The molecule has 0 radical (unpaired) electrons. The number of hydrogen-bond donors (Lipinski definition) is 1. The molecule has 0 saturated heterocycles. The van der Waals surface area contributed by atoms with Gasteiger partial charge in [-0.05, 0) is 63.6 Å². The predicted molar refractivity (Wildman–Crippen MR) is 151 cm³/mol. The predicted octanol–water partition coefficient (Wildman–Crippen LogP) is 6.07. The van der Waals surface area contributed by atoms with Gasteiger partial charge in [-0.25, -0.2) is 4.79 Å². The molecule has 0 fully saturated rings. The van der Waals surface area contributed by atoms with E-state index in [1.807, 2.05) is 37.5 Å². The maximum Gasteiger partial charge on any atom is 0.341 e. The van der Waals surface area contributed by atoms with E-state index >= 15 is 0 Å². The molecule has 2 aromatic heterocycles. The van der Waals surface area contributed by atoms with E-state index in [2.05, 4.69) is 28.2 Å². The number of nitrogens with zero attached hydrogens (tertiary/aromatic N) is 3. The van der Waals surface area contributed by atoms with Crippen molar-refractivity contribution in [3.05, 3.63) is 63.8 Å². The number of benzene rings is 1. The molecule has 0 saturated carbocycles. The van der Waals surface area contributed by atoms with Crippen LogP contribution in [0.4, 0.5) is 5.00 Å². The minimum atomic E-state index is -0.402. The number of aromatic nitrogens is 3. The van der Waals surface area contributed by atoms with Crippen LogP contribution in [0, 0.1) is 13.8 Å². The van der Waals surface area contributed by atoms with Crippen LogP contribution in [-0.4, -0.2) is 39.5 Å². The first-order valence-electron chi connectivity index (χ1n) is 12.8. The van der Waals surface area contributed by atoms with E-state index in [0.29, 0.717) is 28.1 Å². The Morgan fingerprint density at radius 3 is 2.76 bits per heavy atom. The first-order chi connectivity index (χ1) is 18.3. The highest BCUT2D eigenvalue weighted by molar-refractivity contribution is 7.99. The van der Waals surface area contributed by atoms with Crippen LogP contribution in [0.5, 0.6) is 5.75 Å². The number of nitrogens with one attached hydrogen (secondary N) is 1. The Kier molecular flexibility index (Phi) is 9.27. The molecule has 38 heavy (non-hydrogen) atoms. The topological polar surface area (TPSA) is 95.3 Å². The van der Waals surface area contributed by atoms with Gasteiger partial charge in [0.2, 0.25) is 5.91 Å². The van der Waals surface area contributed by atoms with Crippen molar-refractivity contribution in [1.82, 2.24) is 14.8 Å². The fourth-order valence-electron chi connectivity index (χ4n) is 4.62. The molecular weight excluding hydrogens is 520 g/mol. The number of thiophene rings is 1. The lowest BCUT2D eigenvalue weighted by atomic mass is 10.1. The van der Waals surface area contributed by atoms with E-state index in [1.165, 1.54) is 40.6 Å². The molecule has 0 spiro atoms. The molecule has 1 aromatic carbocycles.